The molecule has 2 atom stereocenters. The van der Waals surface area contributed by atoms with E-state index in [1.54, 1.807) is 19.2 Å². The van der Waals surface area contributed by atoms with Gasteiger partial charge in [0.1, 0.15) is 13.2 Å². The van der Waals surface area contributed by atoms with Crippen molar-refractivity contribution < 1.29 is 19.3 Å². The number of methoxy groups -OCH3 is 1. The molecular formula is C14H19ClO4. The van der Waals surface area contributed by atoms with Gasteiger partial charge in [-0.3, -0.25) is 0 Å². The first kappa shape index (κ1) is 14.4. The zero-order valence-electron chi connectivity index (χ0n) is 11.2. The Morgan fingerprint density at radius 1 is 1.37 bits per heavy atom. The first-order valence-corrected chi connectivity index (χ1v) is 6.77. The second-order valence-electron chi connectivity index (χ2n) is 4.73. The van der Waals surface area contributed by atoms with E-state index in [1.165, 1.54) is 0 Å². The highest BCUT2D eigenvalue weighted by Gasteiger charge is 2.22. The molecule has 1 aliphatic heterocycles. The van der Waals surface area contributed by atoms with Gasteiger partial charge in [-0.25, -0.2) is 0 Å². The van der Waals surface area contributed by atoms with Gasteiger partial charge in [0.15, 0.2) is 11.5 Å². The van der Waals surface area contributed by atoms with Crippen LogP contribution in [-0.4, -0.2) is 32.0 Å². The van der Waals surface area contributed by atoms with Crippen LogP contribution in [-0.2, 0) is 4.74 Å². The Labute approximate surface area is 118 Å². The molecule has 19 heavy (non-hydrogen) atoms. The summed E-state index contributed by atoms with van der Waals surface area (Å²) >= 11 is 6.16. The second kappa shape index (κ2) is 6.46. The van der Waals surface area contributed by atoms with Crippen molar-refractivity contribution in [1.82, 2.24) is 0 Å². The molecule has 1 heterocycles. The first-order chi connectivity index (χ1) is 9.13. The number of rotatable bonds is 5. The van der Waals surface area contributed by atoms with Crippen LogP contribution in [0.5, 0.6) is 11.5 Å². The number of hydrogen-bond acceptors (Lipinski definition) is 4. The van der Waals surface area contributed by atoms with E-state index in [-0.39, 0.29) is 5.92 Å². The molecule has 1 aromatic rings. The zero-order chi connectivity index (χ0) is 13.8. The molecule has 0 amide bonds. The molecule has 5 heteroatoms. The molecule has 106 valence electrons. The maximum absolute atomic E-state index is 10.3. The lowest BCUT2D eigenvalue weighted by molar-refractivity contribution is 0.0879. The molecule has 0 aliphatic carbocycles. The van der Waals surface area contributed by atoms with Gasteiger partial charge in [-0.05, 0) is 30.0 Å². The highest BCUT2D eigenvalue weighted by atomic mass is 35.5. The summed E-state index contributed by atoms with van der Waals surface area (Å²) in [4.78, 5) is 0. The predicted molar refractivity (Wildman–Crippen MR) is 73.1 cm³/mol. The van der Waals surface area contributed by atoms with E-state index >= 15 is 0 Å². The molecule has 1 aliphatic rings. The van der Waals surface area contributed by atoms with E-state index in [4.69, 9.17) is 25.8 Å². The van der Waals surface area contributed by atoms with Crippen LogP contribution < -0.4 is 9.47 Å². The zero-order valence-corrected chi connectivity index (χ0v) is 11.9. The monoisotopic (exact) mass is 286 g/mol. The molecule has 1 N–H and O–H groups in total. The van der Waals surface area contributed by atoms with Gasteiger partial charge in [-0.15, -0.1) is 0 Å². The number of halogens is 1. The standard InChI is InChI=1S/C14H19ClO4/c1-9(3-4-17-2)13(16)10-7-11(15)14-12(8-10)18-5-6-19-14/h7-9,13,16H,3-6H2,1-2H3. The van der Waals surface area contributed by atoms with Crippen LogP contribution in [0.2, 0.25) is 5.02 Å². The van der Waals surface area contributed by atoms with Gasteiger partial charge in [-0.1, -0.05) is 18.5 Å². The Balaban J connectivity index is 2.18. The number of fused-ring (bicyclic) bond motifs is 1. The van der Waals surface area contributed by atoms with E-state index in [9.17, 15) is 5.11 Å². The Morgan fingerprint density at radius 3 is 2.84 bits per heavy atom. The Bertz CT molecular complexity index is 436. The van der Waals surface area contributed by atoms with Gasteiger partial charge >= 0.3 is 0 Å². The summed E-state index contributed by atoms with van der Waals surface area (Å²) in [7, 11) is 1.65. The summed E-state index contributed by atoms with van der Waals surface area (Å²) in [5.41, 5.74) is 0.748. The van der Waals surface area contributed by atoms with E-state index in [2.05, 4.69) is 0 Å². The van der Waals surface area contributed by atoms with Gasteiger partial charge < -0.3 is 19.3 Å². The summed E-state index contributed by atoms with van der Waals surface area (Å²) in [6.07, 6.45) is 0.187. The summed E-state index contributed by atoms with van der Waals surface area (Å²) in [5, 5.41) is 10.8. The average molecular weight is 287 g/mol. The lowest BCUT2D eigenvalue weighted by Gasteiger charge is -2.23. The third kappa shape index (κ3) is 3.32. The summed E-state index contributed by atoms with van der Waals surface area (Å²) in [5.74, 6) is 1.25. The molecule has 0 bridgehead atoms. The SMILES string of the molecule is COCCC(C)C(O)c1cc(Cl)c2c(c1)OCCO2. The molecule has 4 nitrogen and oxygen atoms in total. The lowest BCUT2D eigenvalue weighted by atomic mass is 9.94. The molecule has 1 aromatic carbocycles. The molecule has 0 radical (unpaired) electrons. The summed E-state index contributed by atoms with van der Waals surface area (Å²) < 4.78 is 16.0. The topological polar surface area (TPSA) is 47.9 Å². The third-order valence-corrected chi connectivity index (χ3v) is 3.56. The number of aliphatic hydroxyl groups excluding tert-OH is 1. The Kier molecular flexibility index (Phi) is 4.91. The molecule has 0 saturated heterocycles. The normalized spacial score (nSPS) is 17.1. The van der Waals surface area contributed by atoms with Crippen LogP contribution >= 0.6 is 11.6 Å². The van der Waals surface area contributed by atoms with Crippen molar-refractivity contribution in [2.45, 2.75) is 19.4 Å². The van der Waals surface area contributed by atoms with Crippen LogP contribution in [0, 0.1) is 5.92 Å². The van der Waals surface area contributed by atoms with Gasteiger partial charge in [0.25, 0.3) is 0 Å². The summed E-state index contributed by atoms with van der Waals surface area (Å²) in [6.45, 7) is 3.60. The van der Waals surface area contributed by atoms with Crippen LogP contribution in [0.25, 0.3) is 0 Å². The van der Waals surface area contributed by atoms with Crippen molar-refractivity contribution >= 4 is 11.6 Å². The molecule has 0 spiro atoms. The van der Waals surface area contributed by atoms with Crippen LogP contribution in [0.4, 0.5) is 0 Å². The maximum Gasteiger partial charge on any atom is 0.179 e. The minimum atomic E-state index is -0.594. The molecule has 0 saturated carbocycles. The lowest BCUT2D eigenvalue weighted by Crippen LogP contribution is -2.17. The maximum atomic E-state index is 10.3. The van der Waals surface area contributed by atoms with E-state index in [0.29, 0.717) is 36.3 Å². The third-order valence-electron chi connectivity index (χ3n) is 3.28. The molecule has 0 aromatic heterocycles. The number of aliphatic hydroxyl groups is 1. The Hall–Kier alpha value is -0.970. The van der Waals surface area contributed by atoms with Crippen molar-refractivity contribution in [3.63, 3.8) is 0 Å². The van der Waals surface area contributed by atoms with Gasteiger partial charge in [0.05, 0.1) is 11.1 Å². The first-order valence-electron chi connectivity index (χ1n) is 6.39. The fourth-order valence-electron chi connectivity index (χ4n) is 2.09. The second-order valence-corrected chi connectivity index (χ2v) is 5.14. The van der Waals surface area contributed by atoms with Crippen LogP contribution in [0.1, 0.15) is 25.0 Å². The van der Waals surface area contributed by atoms with Gasteiger partial charge in [0.2, 0.25) is 0 Å². The van der Waals surface area contributed by atoms with E-state index in [0.717, 1.165) is 12.0 Å². The highest BCUT2D eigenvalue weighted by molar-refractivity contribution is 6.32. The smallest absolute Gasteiger partial charge is 0.179 e. The fraction of sp³-hybridized carbons (Fsp3) is 0.571. The number of benzene rings is 1. The predicted octanol–water partition coefficient (Wildman–Crippen LogP) is 2.82. The molecule has 2 rings (SSSR count). The average Bonchev–Trinajstić information content (AvgIpc) is 2.43. The van der Waals surface area contributed by atoms with Crippen molar-refractivity contribution in [2.75, 3.05) is 26.9 Å². The molecule has 0 fully saturated rings. The van der Waals surface area contributed by atoms with Crippen molar-refractivity contribution in [2.24, 2.45) is 5.92 Å². The number of ether oxygens (including phenoxy) is 3. The van der Waals surface area contributed by atoms with E-state index < -0.39 is 6.10 Å². The summed E-state index contributed by atoms with van der Waals surface area (Å²) in [6, 6.07) is 3.54. The van der Waals surface area contributed by atoms with Gasteiger partial charge in [0, 0.05) is 13.7 Å². The largest absolute Gasteiger partial charge is 0.486 e. The minimum absolute atomic E-state index is 0.0820. The highest BCUT2D eigenvalue weighted by Crippen LogP contribution is 2.40. The van der Waals surface area contributed by atoms with Crippen LogP contribution in [0.15, 0.2) is 12.1 Å². The Morgan fingerprint density at radius 2 is 2.11 bits per heavy atom. The van der Waals surface area contributed by atoms with Gasteiger partial charge in [-0.2, -0.15) is 0 Å². The van der Waals surface area contributed by atoms with Crippen molar-refractivity contribution in [3.8, 4) is 11.5 Å². The minimum Gasteiger partial charge on any atom is -0.486 e. The quantitative estimate of drug-likeness (QED) is 0.904. The number of hydrogen-bond donors (Lipinski definition) is 1. The van der Waals surface area contributed by atoms with Crippen LogP contribution in [0.3, 0.4) is 0 Å². The molecular weight excluding hydrogens is 268 g/mol. The molecule has 2 unspecified atom stereocenters. The van der Waals surface area contributed by atoms with Crippen molar-refractivity contribution in [3.05, 3.63) is 22.7 Å². The fourth-order valence-corrected chi connectivity index (χ4v) is 2.37. The van der Waals surface area contributed by atoms with E-state index in [1.807, 2.05) is 6.92 Å². The van der Waals surface area contributed by atoms with Crippen molar-refractivity contribution in [1.29, 1.82) is 0 Å².